The van der Waals surface area contributed by atoms with E-state index >= 15 is 0 Å². The van der Waals surface area contributed by atoms with Crippen LogP contribution in [0.1, 0.15) is 27.9 Å². The predicted molar refractivity (Wildman–Crippen MR) is 121 cm³/mol. The number of nitrogens with one attached hydrogen (secondary N) is 1. The molecule has 0 saturated carbocycles. The van der Waals surface area contributed by atoms with Gasteiger partial charge in [-0.15, -0.1) is 0 Å². The van der Waals surface area contributed by atoms with Crippen LogP contribution in [0.2, 0.25) is 0 Å². The fourth-order valence-corrected chi connectivity index (χ4v) is 4.02. The SMILES string of the molecule is COc1ccc(F)cc1-c1ccc(CN2CCC(NC(=O)c3ccc(C)cc3)C2)cc1. The van der Waals surface area contributed by atoms with E-state index in [9.17, 15) is 9.18 Å². The van der Waals surface area contributed by atoms with Crippen LogP contribution >= 0.6 is 0 Å². The van der Waals surface area contributed by atoms with Crippen molar-refractivity contribution < 1.29 is 13.9 Å². The monoisotopic (exact) mass is 418 g/mol. The minimum absolute atomic E-state index is 0.0137. The molecule has 1 aliphatic heterocycles. The van der Waals surface area contributed by atoms with E-state index in [0.717, 1.165) is 42.7 Å². The van der Waals surface area contributed by atoms with E-state index in [1.807, 2.05) is 43.3 Å². The number of hydrogen-bond donors (Lipinski definition) is 1. The van der Waals surface area contributed by atoms with E-state index in [1.165, 1.54) is 17.7 Å². The first-order valence-electron chi connectivity index (χ1n) is 10.5. The van der Waals surface area contributed by atoms with Gasteiger partial charge in [-0.3, -0.25) is 9.69 Å². The summed E-state index contributed by atoms with van der Waals surface area (Å²) in [4.78, 5) is 14.8. The first kappa shape index (κ1) is 21.1. The molecule has 1 N–H and O–H groups in total. The fourth-order valence-electron chi connectivity index (χ4n) is 4.02. The molecule has 1 amide bonds. The molecule has 0 spiro atoms. The van der Waals surface area contributed by atoms with Crippen molar-refractivity contribution in [3.63, 3.8) is 0 Å². The second-order valence-corrected chi connectivity index (χ2v) is 8.10. The van der Waals surface area contributed by atoms with Crippen LogP contribution in [0.25, 0.3) is 11.1 Å². The minimum atomic E-state index is -0.282. The number of rotatable bonds is 6. The largest absolute Gasteiger partial charge is 0.496 e. The van der Waals surface area contributed by atoms with Gasteiger partial charge in [0.15, 0.2) is 0 Å². The van der Waals surface area contributed by atoms with Gasteiger partial charge in [0.2, 0.25) is 0 Å². The lowest BCUT2D eigenvalue weighted by Crippen LogP contribution is -2.36. The van der Waals surface area contributed by atoms with Crippen molar-refractivity contribution in [3.05, 3.63) is 89.2 Å². The molecule has 4 rings (SSSR count). The van der Waals surface area contributed by atoms with E-state index < -0.39 is 0 Å². The van der Waals surface area contributed by atoms with Crippen molar-refractivity contribution in [2.45, 2.75) is 25.9 Å². The minimum Gasteiger partial charge on any atom is -0.496 e. The summed E-state index contributed by atoms with van der Waals surface area (Å²) in [7, 11) is 1.59. The normalized spacial score (nSPS) is 16.3. The maximum Gasteiger partial charge on any atom is 0.251 e. The Morgan fingerprint density at radius 1 is 1.10 bits per heavy atom. The van der Waals surface area contributed by atoms with Gasteiger partial charge >= 0.3 is 0 Å². The molecule has 1 atom stereocenters. The zero-order valence-corrected chi connectivity index (χ0v) is 17.9. The van der Waals surface area contributed by atoms with Crippen LogP contribution in [0.4, 0.5) is 4.39 Å². The van der Waals surface area contributed by atoms with Gasteiger partial charge < -0.3 is 10.1 Å². The summed E-state index contributed by atoms with van der Waals surface area (Å²) in [6, 6.07) is 20.5. The topological polar surface area (TPSA) is 41.6 Å². The maximum atomic E-state index is 13.7. The van der Waals surface area contributed by atoms with Crippen LogP contribution in [0, 0.1) is 12.7 Å². The van der Waals surface area contributed by atoms with Gasteiger partial charge in [0.05, 0.1) is 7.11 Å². The van der Waals surface area contributed by atoms with E-state index in [0.29, 0.717) is 11.3 Å². The van der Waals surface area contributed by atoms with Gasteiger partial charge in [-0.1, -0.05) is 42.0 Å². The molecule has 1 fully saturated rings. The zero-order chi connectivity index (χ0) is 21.8. The highest BCUT2D eigenvalue weighted by molar-refractivity contribution is 5.94. The third kappa shape index (κ3) is 5.12. The molecule has 5 heteroatoms. The molecule has 3 aromatic carbocycles. The highest BCUT2D eigenvalue weighted by atomic mass is 19.1. The number of carbonyl (C=O) groups excluding carboxylic acids is 1. The van der Waals surface area contributed by atoms with Gasteiger partial charge in [-0.05, 0) is 54.8 Å². The number of benzene rings is 3. The molecule has 0 radical (unpaired) electrons. The summed E-state index contributed by atoms with van der Waals surface area (Å²) in [5.41, 5.74) is 4.70. The Morgan fingerprint density at radius 2 is 1.84 bits per heavy atom. The molecular formula is C26H27FN2O2. The molecule has 1 heterocycles. The van der Waals surface area contributed by atoms with Crippen LogP contribution in [-0.4, -0.2) is 37.0 Å². The van der Waals surface area contributed by atoms with Crippen molar-refractivity contribution in [3.8, 4) is 16.9 Å². The summed E-state index contributed by atoms with van der Waals surface area (Å²) in [5, 5.41) is 3.15. The van der Waals surface area contributed by atoms with Crippen molar-refractivity contribution in [1.29, 1.82) is 0 Å². The molecule has 31 heavy (non-hydrogen) atoms. The standard InChI is InChI=1S/C26H27FN2O2/c1-18-3-7-21(8-4-18)26(30)28-23-13-14-29(17-23)16-19-5-9-20(10-6-19)24-15-22(27)11-12-25(24)31-2/h3-12,15,23H,13-14,16-17H2,1-2H3,(H,28,30). The zero-order valence-electron chi connectivity index (χ0n) is 17.9. The molecular weight excluding hydrogens is 391 g/mol. The quantitative estimate of drug-likeness (QED) is 0.624. The van der Waals surface area contributed by atoms with Gasteiger partial charge in [0.25, 0.3) is 5.91 Å². The van der Waals surface area contributed by atoms with E-state index in [-0.39, 0.29) is 17.8 Å². The number of amides is 1. The molecule has 1 saturated heterocycles. The molecule has 0 aliphatic carbocycles. The first-order valence-corrected chi connectivity index (χ1v) is 10.5. The summed E-state index contributed by atoms with van der Waals surface area (Å²) in [6.45, 7) is 4.60. The third-order valence-corrected chi connectivity index (χ3v) is 5.75. The molecule has 1 aliphatic rings. The number of aryl methyl sites for hydroxylation is 1. The van der Waals surface area contributed by atoms with Gasteiger partial charge in [-0.2, -0.15) is 0 Å². The van der Waals surface area contributed by atoms with Crippen LogP contribution < -0.4 is 10.1 Å². The summed E-state index contributed by atoms with van der Waals surface area (Å²) >= 11 is 0. The lowest BCUT2D eigenvalue weighted by atomic mass is 10.0. The third-order valence-electron chi connectivity index (χ3n) is 5.75. The Labute approximate surface area is 182 Å². The Balaban J connectivity index is 1.35. The van der Waals surface area contributed by atoms with Crippen LogP contribution in [-0.2, 0) is 6.54 Å². The number of hydrogen-bond acceptors (Lipinski definition) is 3. The van der Waals surface area contributed by atoms with E-state index in [2.05, 4.69) is 22.3 Å². The van der Waals surface area contributed by atoms with Crippen LogP contribution in [0.15, 0.2) is 66.7 Å². The lowest BCUT2D eigenvalue weighted by Gasteiger charge is -2.17. The number of ether oxygens (including phenoxy) is 1. The van der Waals surface area contributed by atoms with Crippen molar-refractivity contribution in [2.24, 2.45) is 0 Å². The molecule has 160 valence electrons. The summed E-state index contributed by atoms with van der Waals surface area (Å²) < 4.78 is 19.0. The average molecular weight is 419 g/mol. The fraction of sp³-hybridized carbons (Fsp3) is 0.269. The van der Waals surface area contributed by atoms with E-state index in [4.69, 9.17) is 4.74 Å². The van der Waals surface area contributed by atoms with Crippen molar-refractivity contribution >= 4 is 5.91 Å². The first-order chi connectivity index (χ1) is 15.0. The Bertz CT molecular complexity index is 1050. The smallest absolute Gasteiger partial charge is 0.251 e. The number of halogens is 1. The van der Waals surface area contributed by atoms with Gasteiger partial charge in [-0.25, -0.2) is 4.39 Å². The second kappa shape index (κ2) is 9.31. The highest BCUT2D eigenvalue weighted by Crippen LogP contribution is 2.31. The van der Waals surface area contributed by atoms with Crippen LogP contribution in [0.5, 0.6) is 5.75 Å². The average Bonchev–Trinajstić information content (AvgIpc) is 3.21. The molecule has 3 aromatic rings. The summed E-state index contributed by atoms with van der Waals surface area (Å²) in [5.74, 6) is 0.358. The molecule has 4 nitrogen and oxygen atoms in total. The molecule has 0 aromatic heterocycles. The molecule has 0 bridgehead atoms. The number of methoxy groups -OCH3 is 1. The number of carbonyl (C=O) groups is 1. The second-order valence-electron chi connectivity index (χ2n) is 8.10. The van der Waals surface area contributed by atoms with Crippen molar-refractivity contribution in [2.75, 3.05) is 20.2 Å². The maximum absolute atomic E-state index is 13.7. The van der Waals surface area contributed by atoms with Crippen LogP contribution in [0.3, 0.4) is 0 Å². The lowest BCUT2D eigenvalue weighted by molar-refractivity contribution is 0.0937. The Morgan fingerprint density at radius 3 is 2.55 bits per heavy atom. The van der Waals surface area contributed by atoms with Gasteiger partial charge in [0, 0.05) is 36.8 Å². The number of likely N-dealkylation sites (tertiary alicyclic amines) is 1. The number of nitrogens with zero attached hydrogens (tertiary/aromatic N) is 1. The summed E-state index contributed by atoms with van der Waals surface area (Å²) in [6.07, 6.45) is 0.941. The van der Waals surface area contributed by atoms with Crippen molar-refractivity contribution in [1.82, 2.24) is 10.2 Å². The Kier molecular flexibility index (Phi) is 6.33. The molecule has 1 unspecified atom stereocenters. The highest BCUT2D eigenvalue weighted by Gasteiger charge is 2.24. The van der Waals surface area contributed by atoms with E-state index in [1.54, 1.807) is 13.2 Å². The van der Waals surface area contributed by atoms with Gasteiger partial charge in [0.1, 0.15) is 11.6 Å². The Hall–Kier alpha value is -3.18. The predicted octanol–water partition coefficient (Wildman–Crippen LogP) is 4.81.